The molecule has 1 aromatic rings. The van der Waals surface area contributed by atoms with Crippen molar-refractivity contribution in [2.45, 2.75) is 26.0 Å². The van der Waals surface area contributed by atoms with E-state index >= 15 is 0 Å². The quantitative estimate of drug-likeness (QED) is 0.721. The van der Waals surface area contributed by atoms with Crippen LogP contribution in [-0.4, -0.2) is 35.3 Å². The molecule has 2 heterocycles. The van der Waals surface area contributed by atoms with E-state index in [-0.39, 0.29) is 0 Å². The Morgan fingerprint density at radius 2 is 2.53 bits per heavy atom. The third-order valence-electron chi connectivity index (χ3n) is 3.30. The van der Waals surface area contributed by atoms with Gasteiger partial charge in [0.15, 0.2) is 0 Å². The molecule has 0 aromatic carbocycles. The lowest BCUT2D eigenvalue weighted by Crippen LogP contribution is -2.27. The molecule has 0 amide bonds. The first-order valence-electron chi connectivity index (χ1n) is 5.90. The van der Waals surface area contributed by atoms with E-state index in [1.807, 2.05) is 0 Å². The average Bonchev–Trinajstić information content (AvgIpc) is 2.88. The molecule has 0 aliphatic carbocycles. The number of rotatable bonds is 5. The van der Waals surface area contributed by atoms with Gasteiger partial charge < -0.3 is 20.1 Å². The Kier molecular flexibility index (Phi) is 3.81. The topological polar surface area (TPSA) is 74.3 Å². The fourth-order valence-electron chi connectivity index (χ4n) is 2.18. The number of aromatic amines is 1. The molecule has 0 saturated carbocycles. The molecule has 1 aliphatic rings. The second kappa shape index (κ2) is 5.33. The van der Waals surface area contributed by atoms with Crippen molar-refractivity contribution in [1.82, 2.24) is 10.3 Å². The summed E-state index contributed by atoms with van der Waals surface area (Å²) in [5, 5.41) is 12.2. The van der Waals surface area contributed by atoms with Crippen LogP contribution < -0.4 is 5.32 Å². The molecule has 0 radical (unpaired) electrons. The van der Waals surface area contributed by atoms with Crippen molar-refractivity contribution in [3.05, 3.63) is 23.5 Å². The van der Waals surface area contributed by atoms with E-state index in [9.17, 15) is 4.79 Å². The number of H-pyrrole nitrogens is 1. The van der Waals surface area contributed by atoms with Gasteiger partial charge in [0.05, 0.1) is 11.7 Å². The Labute approximate surface area is 100 Å². The predicted octanol–water partition coefficient (Wildman–Crippen LogP) is 1.23. The average molecular weight is 238 g/mol. The maximum Gasteiger partial charge on any atom is 0.337 e. The zero-order valence-corrected chi connectivity index (χ0v) is 9.90. The van der Waals surface area contributed by atoms with Crippen LogP contribution in [0, 0.1) is 5.92 Å². The molecule has 1 aromatic heterocycles. The van der Waals surface area contributed by atoms with E-state index in [0.29, 0.717) is 24.1 Å². The van der Waals surface area contributed by atoms with Gasteiger partial charge in [-0.2, -0.15) is 0 Å². The van der Waals surface area contributed by atoms with E-state index in [0.717, 1.165) is 25.3 Å². The van der Waals surface area contributed by atoms with Crippen molar-refractivity contribution in [2.24, 2.45) is 5.92 Å². The van der Waals surface area contributed by atoms with E-state index in [4.69, 9.17) is 9.84 Å². The van der Waals surface area contributed by atoms with E-state index < -0.39 is 5.97 Å². The molecule has 5 heteroatoms. The van der Waals surface area contributed by atoms with Crippen LogP contribution >= 0.6 is 0 Å². The number of carbonyl (C=O) groups is 1. The molecule has 0 spiro atoms. The predicted molar refractivity (Wildman–Crippen MR) is 63.0 cm³/mol. The minimum absolute atomic E-state index is 0.296. The number of hydrogen-bond acceptors (Lipinski definition) is 3. The third-order valence-corrected chi connectivity index (χ3v) is 3.30. The highest BCUT2D eigenvalue weighted by molar-refractivity contribution is 5.88. The van der Waals surface area contributed by atoms with E-state index in [2.05, 4.69) is 17.2 Å². The van der Waals surface area contributed by atoms with Crippen LogP contribution in [0.15, 0.2) is 12.3 Å². The van der Waals surface area contributed by atoms with Crippen molar-refractivity contribution in [3.63, 3.8) is 0 Å². The summed E-state index contributed by atoms with van der Waals surface area (Å²) in [6.45, 7) is 4.32. The molecular formula is C12H18N2O3. The summed E-state index contributed by atoms with van der Waals surface area (Å²) in [7, 11) is 0. The van der Waals surface area contributed by atoms with Gasteiger partial charge in [0.1, 0.15) is 0 Å². The zero-order valence-electron chi connectivity index (χ0n) is 9.90. The first kappa shape index (κ1) is 12.1. The minimum atomic E-state index is -0.888. The van der Waals surface area contributed by atoms with E-state index in [1.165, 1.54) is 0 Å². The molecular weight excluding hydrogens is 220 g/mol. The van der Waals surface area contributed by atoms with Crippen LogP contribution in [0.1, 0.15) is 29.4 Å². The number of nitrogens with one attached hydrogen (secondary N) is 2. The molecule has 1 fully saturated rings. The molecule has 5 nitrogen and oxygen atoms in total. The smallest absolute Gasteiger partial charge is 0.337 e. The Balaban J connectivity index is 1.81. The highest BCUT2D eigenvalue weighted by Gasteiger charge is 2.23. The van der Waals surface area contributed by atoms with Crippen LogP contribution in [0.2, 0.25) is 0 Å². The van der Waals surface area contributed by atoms with E-state index in [1.54, 1.807) is 12.3 Å². The summed E-state index contributed by atoms with van der Waals surface area (Å²) in [6.07, 6.45) is 3.02. The minimum Gasteiger partial charge on any atom is -0.478 e. The van der Waals surface area contributed by atoms with Gasteiger partial charge in [0, 0.05) is 31.6 Å². The normalized spacial score (nSPS) is 24.1. The van der Waals surface area contributed by atoms with Crippen molar-refractivity contribution < 1.29 is 14.6 Å². The van der Waals surface area contributed by atoms with Crippen molar-refractivity contribution in [1.29, 1.82) is 0 Å². The molecule has 2 unspecified atom stereocenters. The molecule has 1 saturated heterocycles. The number of carboxylic acid groups (broad SMARTS) is 1. The number of hydrogen-bond donors (Lipinski definition) is 3. The maximum atomic E-state index is 10.9. The van der Waals surface area contributed by atoms with Gasteiger partial charge in [-0.3, -0.25) is 0 Å². The van der Waals surface area contributed by atoms with Crippen LogP contribution in [0.5, 0.6) is 0 Å². The molecule has 3 N–H and O–H groups in total. The standard InChI is InChI=1S/C12H18N2O3/c1-8-9(3-5-17-8)6-13-7-11-10(12(15)16)2-4-14-11/h2,4,8-9,13-14H,3,5-7H2,1H3,(H,15,16). The monoisotopic (exact) mass is 238 g/mol. The molecule has 1 aliphatic heterocycles. The highest BCUT2D eigenvalue weighted by Crippen LogP contribution is 2.19. The van der Waals surface area contributed by atoms with Gasteiger partial charge in [0.2, 0.25) is 0 Å². The van der Waals surface area contributed by atoms with Gasteiger partial charge in [-0.25, -0.2) is 4.79 Å². The lowest BCUT2D eigenvalue weighted by atomic mass is 10.0. The van der Waals surface area contributed by atoms with Crippen LogP contribution in [-0.2, 0) is 11.3 Å². The molecule has 2 atom stereocenters. The van der Waals surface area contributed by atoms with Crippen LogP contribution in [0.3, 0.4) is 0 Å². The molecule has 17 heavy (non-hydrogen) atoms. The second-order valence-electron chi connectivity index (χ2n) is 4.43. The fourth-order valence-corrected chi connectivity index (χ4v) is 2.18. The summed E-state index contributed by atoms with van der Waals surface area (Å²) < 4.78 is 5.47. The SMILES string of the molecule is CC1OCCC1CNCc1[nH]ccc1C(=O)O. The Morgan fingerprint density at radius 1 is 1.71 bits per heavy atom. The summed E-state index contributed by atoms with van der Waals surface area (Å²) >= 11 is 0. The Hall–Kier alpha value is -1.33. The number of ether oxygens (including phenoxy) is 1. The third kappa shape index (κ3) is 2.87. The summed E-state index contributed by atoms with van der Waals surface area (Å²) in [5.41, 5.74) is 1.07. The largest absolute Gasteiger partial charge is 0.478 e. The summed E-state index contributed by atoms with van der Waals surface area (Å²) in [5.74, 6) is -0.362. The number of carboxylic acids is 1. The molecule has 2 rings (SSSR count). The second-order valence-corrected chi connectivity index (χ2v) is 4.43. The van der Waals surface area contributed by atoms with Crippen molar-refractivity contribution >= 4 is 5.97 Å². The Morgan fingerprint density at radius 3 is 3.18 bits per heavy atom. The summed E-state index contributed by atoms with van der Waals surface area (Å²) in [6, 6.07) is 1.58. The van der Waals surface area contributed by atoms with Gasteiger partial charge >= 0.3 is 5.97 Å². The summed E-state index contributed by atoms with van der Waals surface area (Å²) in [4.78, 5) is 13.8. The van der Waals surface area contributed by atoms with Crippen molar-refractivity contribution in [2.75, 3.05) is 13.2 Å². The first-order valence-corrected chi connectivity index (χ1v) is 5.90. The van der Waals surface area contributed by atoms with Gasteiger partial charge in [-0.05, 0) is 25.3 Å². The van der Waals surface area contributed by atoms with Gasteiger partial charge in [-0.1, -0.05) is 0 Å². The number of aromatic carboxylic acids is 1. The lowest BCUT2D eigenvalue weighted by molar-refractivity contribution is 0.0695. The van der Waals surface area contributed by atoms with Gasteiger partial charge in [0.25, 0.3) is 0 Å². The lowest BCUT2D eigenvalue weighted by Gasteiger charge is -2.14. The van der Waals surface area contributed by atoms with Crippen LogP contribution in [0.25, 0.3) is 0 Å². The Bertz CT molecular complexity index is 389. The first-order chi connectivity index (χ1) is 8.18. The maximum absolute atomic E-state index is 10.9. The van der Waals surface area contributed by atoms with Gasteiger partial charge in [-0.15, -0.1) is 0 Å². The molecule has 94 valence electrons. The zero-order chi connectivity index (χ0) is 12.3. The van der Waals surface area contributed by atoms with Crippen LogP contribution in [0.4, 0.5) is 0 Å². The highest BCUT2D eigenvalue weighted by atomic mass is 16.5. The fraction of sp³-hybridized carbons (Fsp3) is 0.583. The molecule has 0 bridgehead atoms. The van der Waals surface area contributed by atoms with Crippen molar-refractivity contribution in [3.8, 4) is 0 Å². The number of aromatic nitrogens is 1.